The van der Waals surface area contributed by atoms with Crippen LogP contribution in [-0.2, 0) is 4.79 Å². The molecule has 1 heterocycles. The summed E-state index contributed by atoms with van der Waals surface area (Å²) in [5, 5.41) is 13.4. The largest absolute Gasteiger partial charge is 0.358 e. The average Bonchev–Trinajstić information content (AvgIpc) is 2.35. The van der Waals surface area contributed by atoms with E-state index in [4.69, 9.17) is 0 Å². The van der Waals surface area contributed by atoms with E-state index in [1.807, 2.05) is 0 Å². The molecule has 1 aromatic rings. The summed E-state index contributed by atoms with van der Waals surface area (Å²) in [5.41, 5.74) is -0.130. The molecule has 18 heavy (non-hydrogen) atoms. The Morgan fingerprint density at radius 2 is 2.33 bits per heavy atom. The summed E-state index contributed by atoms with van der Waals surface area (Å²) in [6.07, 6.45) is 1.47. The Hall–Kier alpha value is -1.70. The number of nitrogens with one attached hydrogen (secondary N) is 1. The molecule has 0 saturated heterocycles. The third-order valence-corrected chi connectivity index (χ3v) is 2.74. The van der Waals surface area contributed by atoms with Crippen LogP contribution < -0.4 is 10.2 Å². The summed E-state index contributed by atoms with van der Waals surface area (Å²) in [7, 11) is 1.51. The molecular weight excluding hydrogens is 304 g/mol. The van der Waals surface area contributed by atoms with Crippen molar-refractivity contribution >= 4 is 33.3 Å². The summed E-state index contributed by atoms with van der Waals surface area (Å²) < 4.78 is 0.522. The molecule has 0 aliphatic rings. The van der Waals surface area contributed by atoms with Crippen molar-refractivity contribution in [3.8, 4) is 0 Å². The predicted octanol–water partition coefficient (Wildman–Crippen LogP) is 1.32. The number of anilines is 1. The molecule has 7 nitrogen and oxygen atoms in total. The molecule has 1 aromatic heterocycles. The number of nitro groups is 1. The summed E-state index contributed by atoms with van der Waals surface area (Å²) >= 11 is 3.14. The molecule has 1 N–H and O–H groups in total. The third-order valence-electron chi connectivity index (χ3n) is 2.31. The highest BCUT2D eigenvalue weighted by Gasteiger charge is 2.22. The van der Waals surface area contributed by atoms with Gasteiger partial charge in [-0.25, -0.2) is 4.98 Å². The minimum atomic E-state index is -0.514. The number of carbonyl (C=O) groups is 1. The van der Waals surface area contributed by atoms with Crippen molar-refractivity contribution in [1.29, 1.82) is 0 Å². The smallest absolute Gasteiger partial charge is 0.312 e. The first-order chi connectivity index (χ1) is 8.49. The Morgan fingerprint density at radius 1 is 1.67 bits per heavy atom. The molecule has 8 heteroatoms. The number of aromatic nitrogens is 1. The van der Waals surface area contributed by atoms with E-state index >= 15 is 0 Å². The van der Waals surface area contributed by atoms with E-state index in [9.17, 15) is 14.9 Å². The summed E-state index contributed by atoms with van der Waals surface area (Å²) in [6, 6.07) is 1.37. The SMILES string of the molecule is CCN(CC(=O)NC)c1ncc(Br)cc1[N+](=O)[O-]. The Labute approximate surface area is 112 Å². The molecule has 0 aliphatic carbocycles. The highest BCUT2D eigenvalue weighted by atomic mass is 79.9. The number of hydrogen-bond donors (Lipinski definition) is 1. The van der Waals surface area contributed by atoms with Crippen LogP contribution in [0.3, 0.4) is 0 Å². The lowest BCUT2D eigenvalue weighted by atomic mass is 10.3. The van der Waals surface area contributed by atoms with Gasteiger partial charge in [0.15, 0.2) is 0 Å². The Kier molecular flexibility index (Phi) is 5.02. The van der Waals surface area contributed by atoms with Gasteiger partial charge in [-0.15, -0.1) is 0 Å². The van der Waals surface area contributed by atoms with E-state index < -0.39 is 4.92 Å². The minimum absolute atomic E-state index is 0.0302. The molecule has 0 aromatic carbocycles. The van der Waals surface area contributed by atoms with E-state index in [0.717, 1.165) is 0 Å². The average molecular weight is 317 g/mol. The first-order valence-corrected chi connectivity index (χ1v) is 6.04. The monoisotopic (exact) mass is 316 g/mol. The molecule has 0 bridgehead atoms. The lowest BCUT2D eigenvalue weighted by Gasteiger charge is -2.20. The van der Waals surface area contributed by atoms with E-state index in [1.54, 1.807) is 11.8 Å². The van der Waals surface area contributed by atoms with Gasteiger partial charge in [0, 0.05) is 30.3 Å². The van der Waals surface area contributed by atoms with Crippen LogP contribution in [0, 0.1) is 10.1 Å². The van der Waals surface area contributed by atoms with Gasteiger partial charge in [-0.1, -0.05) is 0 Å². The molecule has 0 radical (unpaired) electrons. The van der Waals surface area contributed by atoms with Gasteiger partial charge in [-0.3, -0.25) is 14.9 Å². The van der Waals surface area contributed by atoms with Gasteiger partial charge in [-0.2, -0.15) is 0 Å². The van der Waals surface area contributed by atoms with Crippen molar-refractivity contribution in [3.05, 3.63) is 26.9 Å². The molecule has 1 amide bonds. The van der Waals surface area contributed by atoms with Crippen molar-refractivity contribution < 1.29 is 9.72 Å². The Balaban J connectivity index is 3.12. The van der Waals surface area contributed by atoms with Gasteiger partial charge in [0.1, 0.15) is 0 Å². The third kappa shape index (κ3) is 3.39. The number of pyridine rings is 1. The van der Waals surface area contributed by atoms with Crippen LogP contribution in [0.4, 0.5) is 11.5 Å². The highest BCUT2D eigenvalue weighted by molar-refractivity contribution is 9.10. The number of hydrogen-bond acceptors (Lipinski definition) is 5. The minimum Gasteiger partial charge on any atom is -0.358 e. The molecule has 0 spiro atoms. The summed E-state index contributed by atoms with van der Waals surface area (Å²) in [6.45, 7) is 2.28. The lowest BCUT2D eigenvalue weighted by molar-refractivity contribution is -0.384. The van der Waals surface area contributed by atoms with Gasteiger partial charge in [0.05, 0.1) is 11.5 Å². The van der Waals surface area contributed by atoms with Gasteiger partial charge >= 0.3 is 5.69 Å². The number of rotatable bonds is 5. The van der Waals surface area contributed by atoms with Crippen LogP contribution in [0.5, 0.6) is 0 Å². The fourth-order valence-corrected chi connectivity index (χ4v) is 1.71. The topological polar surface area (TPSA) is 88.4 Å². The van der Waals surface area contributed by atoms with Gasteiger partial charge in [-0.05, 0) is 22.9 Å². The molecule has 0 atom stereocenters. The predicted molar refractivity (Wildman–Crippen MR) is 70.5 cm³/mol. The molecule has 0 aliphatic heterocycles. The van der Waals surface area contributed by atoms with Crippen LogP contribution in [0.1, 0.15) is 6.92 Å². The zero-order valence-corrected chi connectivity index (χ0v) is 11.6. The van der Waals surface area contributed by atoms with Crippen molar-refractivity contribution in [2.45, 2.75) is 6.92 Å². The van der Waals surface area contributed by atoms with Crippen molar-refractivity contribution in [2.24, 2.45) is 0 Å². The highest BCUT2D eigenvalue weighted by Crippen LogP contribution is 2.28. The van der Waals surface area contributed by atoms with E-state index in [1.165, 1.54) is 19.3 Å². The number of carbonyl (C=O) groups excluding carboxylic acids is 1. The van der Waals surface area contributed by atoms with Gasteiger partial charge in [0.25, 0.3) is 0 Å². The quantitative estimate of drug-likeness (QED) is 0.654. The van der Waals surface area contributed by atoms with Gasteiger partial charge < -0.3 is 10.2 Å². The number of nitrogens with zero attached hydrogens (tertiary/aromatic N) is 3. The van der Waals surface area contributed by atoms with Crippen LogP contribution >= 0.6 is 15.9 Å². The summed E-state index contributed by atoms with van der Waals surface area (Å²) in [5.74, 6) is -0.0369. The molecule has 0 unspecified atom stereocenters. The molecule has 0 fully saturated rings. The van der Waals surface area contributed by atoms with E-state index in [-0.39, 0.29) is 24.0 Å². The Bertz CT molecular complexity index is 466. The summed E-state index contributed by atoms with van der Waals surface area (Å²) in [4.78, 5) is 27.4. The normalized spacial score (nSPS) is 9.94. The fraction of sp³-hybridized carbons (Fsp3) is 0.400. The maximum absolute atomic E-state index is 11.3. The second kappa shape index (κ2) is 6.29. The maximum Gasteiger partial charge on any atom is 0.312 e. The maximum atomic E-state index is 11.3. The first-order valence-electron chi connectivity index (χ1n) is 5.25. The standard InChI is InChI=1S/C10H13BrN4O3/c1-3-14(6-9(16)12-2)10-8(15(17)18)4-7(11)5-13-10/h4-5H,3,6H2,1-2H3,(H,12,16). The zero-order valence-electron chi connectivity index (χ0n) is 10.0. The number of amides is 1. The van der Waals surface area contributed by atoms with E-state index in [2.05, 4.69) is 26.2 Å². The lowest BCUT2D eigenvalue weighted by Crippen LogP contribution is -2.36. The van der Waals surface area contributed by atoms with Crippen molar-refractivity contribution in [3.63, 3.8) is 0 Å². The Morgan fingerprint density at radius 3 is 2.83 bits per heavy atom. The van der Waals surface area contributed by atoms with Crippen molar-refractivity contribution in [2.75, 3.05) is 25.0 Å². The molecular formula is C10H13BrN4O3. The van der Waals surface area contributed by atoms with Crippen LogP contribution in [0.2, 0.25) is 0 Å². The molecule has 0 saturated carbocycles. The second-order valence-corrected chi connectivity index (χ2v) is 4.36. The van der Waals surface area contributed by atoms with Crippen molar-refractivity contribution in [1.82, 2.24) is 10.3 Å². The van der Waals surface area contributed by atoms with E-state index in [0.29, 0.717) is 11.0 Å². The van der Waals surface area contributed by atoms with Crippen LogP contribution in [-0.4, -0.2) is 36.0 Å². The molecule has 1 rings (SSSR count). The van der Waals surface area contributed by atoms with Crippen LogP contribution in [0.25, 0.3) is 0 Å². The fourth-order valence-electron chi connectivity index (χ4n) is 1.39. The zero-order chi connectivity index (χ0) is 13.7. The number of halogens is 1. The number of likely N-dealkylation sites (N-methyl/N-ethyl adjacent to an activating group) is 2. The molecule has 98 valence electrons. The van der Waals surface area contributed by atoms with Crippen LogP contribution in [0.15, 0.2) is 16.7 Å². The second-order valence-electron chi connectivity index (χ2n) is 3.44. The van der Waals surface area contributed by atoms with Gasteiger partial charge in [0.2, 0.25) is 11.7 Å². The first kappa shape index (κ1) is 14.4.